The number of aryl methyl sites for hydroxylation is 1. The number of nitrogens with zero attached hydrogens (tertiary/aromatic N) is 5. The van der Waals surface area contributed by atoms with Crippen LogP contribution >= 0.6 is 0 Å². The Kier molecular flexibility index (Phi) is 5.01. The molecule has 2 atom stereocenters. The first-order chi connectivity index (χ1) is 12.8. The number of rotatable bonds is 6. The van der Waals surface area contributed by atoms with Crippen LogP contribution in [0.15, 0.2) is 43.0 Å². The highest BCUT2D eigenvalue weighted by atomic mass is 16.5. The quantitative estimate of drug-likeness (QED) is 0.729. The molecule has 0 unspecified atom stereocenters. The lowest BCUT2D eigenvalue weighted by Crippen LogP contribution is -2.48. The fraction of sp³-hybridized carbons (Fsp3) is 0.474. The van der Waals surface area contributed by atoms with Crippen LogP contribution in [0.25, 0.3) is 5.52 Å². The average Bonchev–Trinajstić information content (AvgIpc) is 3.28. The third-order valence-electron chi connectivity index (χ3n) is 5.10. The van der Waals surface area contributed by atoms with Crippen molar-refractivity contribution in [2.24, 2.45) is 7.05 Å². The molecule has 1 fully saturated rings. The van der Waals surface area contributed by atoms with Gasteiger partial charge in [-0.3, -0.25) is 9.58 Å². The maximum absolute atomic E-state index is 6.13. The van der Waals surface area contributed by atoms with E-state index in [9.17, 15) is 0 Å². The second-order valence-corrected chi connectivity index (χ2v) is 6.76. The van der Waals surface area contributed by atoms with Crippen LogP contribution < -0.4 is 5.32 Å². The number of nitrogens with one attached hydrogen (secondary N) is 1. The maximum Gasteiger partial charge on any atom is 0.0897 e. The van der Waals surface area contributed by atoms with Crippen molar-refractivity contribution in [2.75, 3.05) is 26.2 Å². The van der Waals surface area contributed by atoms with Crippen molar-refractivity contribution < 1.29 is 4.74 Å². The summed E-state index contributed by atoms with van der Waals surface area (Å²) in [6, 6.07) is 6.37. The van der Waals surface area contributed by atoms with Crippen LogP contribution in [0, 0.1) is 0 Å². The zero-order chi connectivity index (χ0) is 17.9. The Balaban J connectivity index is 1.45. The highest BCUT2D eigenvalue weighted by Gasteiger charge is 2.33. The Morgan fingerprint density at radius 2 is 2.19 bits per heavy atom. The van der Waals surface area contributed by atoms with E-state index in [1.54, 1.807) is 0 Å². The Labute approximate surface area is 153 Å². The molecule has 0 saturated carbocycles. The van der Waals surface area contributed by atoms with Crippen LogP contribution in [0.4, 0.5) is 0 Å². The Bertz CT molecular complexity index is 856. The monoisotopic (exact) mass is 354 g/mol. The molecule has 1 saturated heterocycles. The standard InChI is InChI=1S/C19H26N6O/c1-3-24-8-9-26-18(19(24)16-12-21-23(2)14-16)13-20-10-15-11-22-25-7-5-4-6-17(15)25/h4-7,11-12,14,18-20H,3,8-10,13H2,1-2H3/t18-,19-/m0/s1. The van der Waals surface area contributed by atoms with Gasteiger partial charge in [-0.05, 0) is 18.7 Å². The lowest BCUT2D eigenvalue weighted by Gasteiger charge is -2.40. The van der Waals surface area contributed by atoms with Gasteiger partial charge in [0, 0.05) is 50.2 Å². The van der Waals surface area contributed by atoms with Gasteiger partial charge in [0.2, 0.25) is 0 Å². The van der Waals surface area contributed by atoms with Crippen molar-refractivity contribution in [1.29, 1.82) is 0 Å². The SMILES string of the molecule is CCN1CCO[C@@H](CNCc2cnn3ccccc23)[C@@H]1c1cnn(C)c1. The van der Waals surface area contributed by atoms with E-state index in [0.717, 1.165) is 38.3 Å². The Hall–Kier alpha value is -2.22. The number of hydrogen-bond donors (Lipinski definition) is 1. The molecule has 1 aliphatic rings. The Morgan fingerprint density at radius 1 is 1.27 bits per heavy atom. The van der Waals surface area contributed by atoms with Gasteiger partial charge >= 0.3 is 0 Å². The first-order valence-corrected chi connectivity index (χ1v) is 9.22. The first-order valence-electron chi connectivity index (χ1n) is 9.22. The van der Waals surface area contributed by atoms with Crippen molar-refractivity contribution in [1.82, 2.24) is 29.6 Å². The number of aromatic nitrogens is 4. The van der Waals surface area contributed by atoms with Crippen molar-refractivity contribution in [2.45, 2.75) is 25.6 Å². The lowest BCUT2D eigenvalue weighted by atomic mass is 10.0. The summed E-state index contributed by atoms with van der Waals surface area (Å²) < 4.78 is 9.90. The van der Waals surface area contributed by atoms with Gasteiger partial charge in [0.05, 0.1) is 36.7 Å². The summed E-state index contributed by atoms with van der Waals surface area (Å²) >= 11 is 0. The van der Waals surface area contributed by atoms with Crippen LogP contribution in [-0.2, 0) is 18.3 Å². The average molecular weight is 354 g/mol. The van der Waals surface area contributed by atoms with Gasteiger partial charge in [-0.25, -0.2) is 4.52 Å². The van der Waals surface area contributed by atoms with Gasteiger partial charge in [-0.2, -0.15) is 10.2 Å². The fourth-order valence-electron chi connectivity index (χ4n) is 3.80. The summed E-state index contributed by atoms with van der Waals surface area (Å²) in [5.74, 6) is 0. The smallest absolute Gasteiger partial charge is 0.0897 e. The predicted octanol–water partition coefficient (Wildman–Crippen LogP) is 1.62. The van der Waals surface area contributed by atoms with Crippen LogP contribution in [-0.4, -0.2) is 56.6 Å². The van der Waals surface area contributed by atoms with Crippen molar-refractivity contribution >= 4 is 5.52 Å². The minimum absolute atomic E-state index is 0.106. The maximum atomic E-state index is 6.13. The molecule has 0 spiro atoms. The Morgan fingerprint density at radius 3 is 3.00 bits per heavy atom. The summed E-state index contributed by atoms with van der Waals surface area (Å²) in [5, 5.41) is 12.3. The number of hydrogen-bond acceptors (Lipinski definition) is 5. The predicted molar refractivity (Wildman–Crippen MR) is 99.8 cm³/mol. The zero-order valence-electron chi connectivity index (χ0n) is 15.4. The lowest BCUT2D eigenvalue weighted by molar-refractivity contribution is -0.0694. The number of likely N-dealkylation sites (N-methyl/N-ethyl adjacent to an activating group) is 1. The van der Waals surface area contributed by atoms with Gasteiger partial charge in [0.1, 0.15) is 0 Å². The molecule has 1 aliphatic heterocycles. The van der Waals surface area contributed by atoms with E-state index >= 15 is 0 Å². The molecular formula is C19H26N6O. The number of ether oxygens (including phenoxy) is 1. The summed E-state index contributed by atoms with van der Waals surface area (Å²) in [7, 11) is 1.96. The second-order valence-electron chi connectivity index (χ2n) is 6.76. The van der Waals surface area contributed by atoms with Gasteiger partial charge in [-0.15, -0.1) is 0 Å². The molecule has 4 rings (SSSR count). The van der Waals surface area contributed by atoms with Gasteiger partial charge in [0.15, 0.2) is 0 Å². The molecule has 7 heteroatoms. The van der Waals surface area contributed by atoms with E-state index < -0.39 is 0 Å². The molecule has 0 aliphatic carbocycles. The highest BCUT2D eigenvalue weighted by molar-refractivity contribution is 5.53. The second kappa shape index (κ2) is 7.57. The van der Waals surface area contributed by atoms with Gasteiger partial charge in [-0.1, -0.05) is 13.0 Å². The van der Waals surface area contributed by atoms with Crippen molar-refractivity contribution in [3.8, 4) is 0 Å². The molecule has 1 N–H and O–H groups in total. The molecule has 7 nitrogen and oxygen atoms in total. The van der Waals surface area contributed by atoms with Crippen molar-refractivity contribution in [3.63, 3.8) is 0 Å². The third-order valence-corrected chi connectivity index (χ3v) is 5.10. The minimum atomic E-state index is 0.106. The normalized spacial score (nSPS) is 21.5. The molecule has 3 aromatic rings. The number of pyridine rings is 1. The van der Waals surface area contributed by atoms with Gasteiger partial charge in [0.25, 0.3) is 0 Å². The van der Waals surface area contributed by atoms with Gasteiger partial charge < -0.3 is 10.1 Å². The number of fused-ring (bicyclic) bond motifs is 1. The van der Waals surface area contributed by atoms with E-state index in [4.69, 9.17) is 4.74 Å². The van der Waals surface area contributed by atoms with Crippen LogP contribution in [0.2, 0.25) is 0 Å². The zero-order valence-corrected chi connectivity index (χ0v) is 15.4. The highest BCUT2D eigenvalue weighted by Crippen LogP contribution is 2.28. The summed E-state index contributed by atoms with van der Waals surface area (Å²) in [6.07, 6.45) is 8.07. The molecule has 0 aromatic carbocycles. The van der Waals surface area contributed by atoms with E-state index in [2.05, 4.69) is 39.6 Å². The van der Waals surface area contributed by atoms with Crippen molar-refractivity contribution in [3.05, 3.63) is 54.1 Å². The van der Waals surface area contributed by atoms with E-state index in [0.29, 0.717) is 0 Å². The van der Waals surface area contributed by atoms with E-state index in [1.807, 2.05) is 47.0 Å². The molecule has 4 heterocycles. The third kappa shape index (κ3) is 3.38. The molecule has 0 bridgehead atoms. The molecule has 3 aromatic heterocycles. The van der Waals surface area contributed by atoms with Crippen LogP contribution in [0.1, 0.15) is 24.1 Å². The molecule has 138 valence electrons. The topological polar surface area (TPSA) is 59.6 Å². The molecule has 26 heavy (non-hydrogen) atoms. The van der Waals surface area contributed by atoms with E-state index in [-0.39, 0.29) is 12.1 Å². The molecule has 0 radical (unpaired) electrons. The molecular weight excluding hydrogens is 328 g/mol. The summed E-state index contributed by atoms with van der Waals surface area (Å²) in [5.41, 5.74) is 3.56. The molecule has 0 amide bonds. The summed E-state index contributed by atoms with van der Waals surface area (Å²) in [6.45, 7) is 6.51. The minimum Gasteiger partial charge on any atom is -0.374 e. The fourth-order valence-corrected chi connectivity index (χ4v) is 3.80. The first kappa shape index (κ1) is 17.2. The largest absolute Gasteiger partial charge is 0.374 e. The van der Waals surface area contributed by atoms with Crippen LogP contribution in [0.3, 0.4) is 0 Å². The van der Waals surface area contributed by atoms with E-state index in [1.165, 1.54) is 11.1 Å². The number of morpholine rings is 1. The summed E-state index contributed by atoms with van der Waals surface area (Å²) in [4.78, 5) is 2.47. The van der Waals surface area contributed by atoms with Crippen LogP contribution in [0.5, 0.6) is 0 Å².